The summed E-state index contributed by atoms with van der Waals surface area (Å²) in [6.07, 6.45) is 3.26. The lowest BCUT2D eigenvalue weighted by atomic mass is 10.2. The van der Waals surface area contributed by atoms with E-state index in [2.05, 4.69) is 25.6 Å². The molecule has 0 heteroatoms. The zero-order chi connectivity index (χ0) is 9.40. The van der Waals surface area contributed by atoms with E-state index in [1.54, 1.807) is 0 Å². The topological polar surface area (TPSA) is 0 Å². The predicted octanol–water partition coefficient (Wildman–Crippen LogP) is 2.31. The van der Waals surface area contributed by atoms with E-state index >= 15 is 0 Å². The molecule has 0 radical (unpaired) electrons. The quantitative estimate of drug-likeness (QED) is 0.594. The second-order valence-corrected chi connectivity index (χ2v) is 2.31. The first-order valence-corrected chi connectivity index (χ1v) is 4.58. The van der Waals surface area contributed by atoms with Crippen molar-refractivity contribution in [1.29, 1.82) is 0 Å². The average molecular weight is 162 g/mol. The third kappa shape index (κ3) is 3.38. The Balaban J connectivity index is 0.000000561. The number of hydrogen-bond donors (Lipinski definition) is 0. The maximum Gasteiger partial charge on any atom is -0.0230 e. The molecule has 0 aliphatic rings. The Kier molecular flexibility index (Phi) is 6.08. The van der Waals surface area contributed by atoms with Crippen LogP contribution in [0.2, 0.25) is 0 Å². The van der Waals surface area contributed by atoms with Gasteiger partial charge in [-0.15, -0.1) is 0 Å². The van der Waals surface area contributed by atoms with E-state index in [0.717, 1.165) is 11.6 Å². The normalized spacial score (nSPS) is 10.4. The molecule has 0 saturated heterocycles. The summed E-state index contributed by atoms with van der Waals surface area (Å²) < 4.78 is 0. The monoisotopic (exact) mass is 162 g/mol. The molecule has 66 valence electrons. The fourth-order valence-corrected chi connectivity index (χ4v) is 0.953. The van der Waals surface area contributed by atoms with Crippen LogP contribution in [0.3, 0.4) is 0 Å². The Morgan fingerprint density at radius 1 is 1.25 bits per heavy atom. The van der Waals surface area contributed by atoms with E-state index in [-0.39, 0.29) is 0 Å². The van der Waals surface area contributed by atoms with Crippen LogP contribution in [-0.2, 0) is 0 Å². The number of benzene rings is 1. The first kappa shape index (κ1) is 11.0. The maximum atomic E-state index is 3.91. The molecular weight excluding hydrogens is 144 g/mol. The summed E-state index contributed by atoms with van der Waals surface area (Å²) in [5.74, 6) is 0. The molecule has 0 bridgehead atoms. The Hall–Kier alpha value is -1.04. The van der Waals surface area contributed by atoms with Gasteiger partial charge < -0.3 is 0 Å². The van der Waals surface area contributed by atoms with E-state index in [1.165, 1.54) is 5.22 Å². The van der Waals surface area contributed by atoms with E-state index in [1.807, 2.05) is 32.0 Å². The van der Waals surface area contributed by atoms with Crippen LogP contribution in [0.15, 0.2) is 24.3 Å². The molecule has 12 heavy (non-hydrogen) atoms. The average Bonchev–Trinajstić information content (AvgIpc) is 2.13. The van der Waals surface area contributed by atoms with Crippen LogP contribution >= 0.6 is 0 Å². The molecule has 0 unspecified atom stereocenters. The van der Waals surface area contributed by atoms with Crippen LogP contribution < -0.4 is 10.4 Å². The molecule has 0 heterocycles. The lowest BCUT2D eigenvalue weighted by Gasteiger charge is -1.85. The molecule has 1 aromatic rings. The van der Waals surface area contributed by atoms with Gasteiger partial charge in [-0.3, -0.25) is 0 Å². The van der Waals surface area contributed by atoms with E-state index in [9.17, 15) is 0 Å². The fourth-order valence-electron chi connectivity index (χ4n) is 0.953. The minimum absolute atomic E-state index is 1.08. The maximum absolute atomic E-state index is 3.91. The molecular formula is C12H18. The Labute approximate surface area is 75.2 Å². The van der Waals surface area contributed by atoms with Crippen molar-refractivity contribution in [3.8, 4) is 0 Å². The summed E-state index contributed by atoms with van der Waals surface area (Å²) in [7, 11) is 0. The molecule has 0 N–H and O–H groups in total. The van der Waals surface area contributed by atoms with Crippen LogP contribution in [0, 0.1) is 0 Å². The summed E-state index contributed by atoms with van der Waals surface area (Å²) >= 11 is 0. The highest BCUT2D eigenvalue weighted by molar-refractivity contribution is 5.25. The third-order valence-electron chi connectivity index (χ3n) is 1.48. The molecule has 0 fully saturated rings. The van der Waals surface area contributed by atoms with Crippen LogP contribution in [0.25, 0.3) is 12.7 Å². The molecule has 0 amide bonds. The molecule has 0 nitrogen and oxygen atoms in total. The predicted molar refractivity (Wildman–Crippen MR) is 57.3 cm³/mol. The second-order valence-electron chi connectivity index (χ2n) is 2.31. The van der Waals surface area contributed by atoms with Crippen molar-refractivity contribution in [2.45, 2.75) is 27.2 Å². The lowest BCUT2D eigenvalue weighted by molar-refractivity contribution is 1.28. The Morgan fingerprint density at radius 2 is 1.83 bits per heavy atom. The smallest absolute Gasteiger partial charge is 0.0230 e. The highest BCUT2D eigenvalue weighted by Crippen LogP contribution is 1.75. The van der Waals surface area contributed by atoms with E-state index < -0.39 is 0 Å². The highest BCUT2D eigenvalue weighted by Gasteiger charge is 1.76. The molecule has 0 aliphatic heterocycles. The van der Waals surface area contributed by atoms with Gasteiger partial charge >= 0.3 is 0 Å². The molecule has 1 aromatic carbocycles. The van der Waals surface area contributed by atoms with Crippen LogP contribution in [0.4, 0.5) is 0 Å². The van der Waals surface area contributed by atoms with Crippen LogP contribution in [0.1, 0.15) is 27.2 Å². The van der Waals surface area contributed by atoms with Gasteiger partial charge in [0.1, 0.15) is 0 Å². The van der Waals surface area contributed by atoms with Gasteiger partial charge in [-0.25, -0.2) is 0 Å². The van der Waals surface area contributed by atoms with E-state index in [0.29, 0.717) is 0 Å². The highest BCUT2D eigenvalue weighted by atomic mass is 13.8. The number of rotatable bonds is 1. The minimum Gasteiger partial charge on any atom is -0.0912 e. The number of hydrogen-bond acceptors (Lipinski definition) is 0. The van der Waals surface area contributed by atoms with Gasteiger partial charge in [0.2, 0.25) is 0 Å². The summed E-state index contributed by atoms with van der Waals surface area (Å²) in [5.41, 5.74) is 0. The minimum atomic E-state index is 1.08. The first-order valence-electron chi connectivity index (χ1n) is 4.58. The molecule has 1 rings (SSSR count). The van der Waals surface area contributed by atoms with Crippen molar-refractivity contribution in [1.82, 2.24) is 0 Å². The zero-order valence-corrected chi connectivity index (χ0v) is 8.30. The van der Waals surface area contributed by atoms with Gasteiger partial charge in [-0.1, -0.05) is 57.7 Å². The Morgan fingerprint density at radius 3 is 2.33 bits per heavy atom. The van der Waals surface area contributed by atoms with Gasteiger partial charge in [-0.05, 0) is 16.9 Å². The van der Waals surface area contributed by atoms with Gasteiger partial charge in [-0.2, -0.15) is 0 Å². The summed E-state index contributed by atoms with van der Waals surface area (Å²) in [6, 6.07) is 8.17. The van der Waals surface area contributed by atoms with Gasteiger partial charge in [0.05, 0.1) is 0 Å². The first-order chi connectivity index (χ1) is 5.84. The van der Waals surface area contributed by atoms with Crippen LogP contribution in [-0.4, -0.2) is 0 Å². The van der Waals surface area contributed by atoms with Crippen molar-refractivity contribution in [2.24, 2.45) is 0 Å². The molecule has 0 spiro atoms. The zero-order valence-electron chi connectivity index (χ0n) is 8.30. The fraction of sp³-hybridized carbons (Fsp3) is 0.333. The van der Waals surface area contributed by atoms with Crippen molar-refractivity contribution in [3.63, 3.8) is 0 Å². The summed E-state index contributed by atoms with van der Waals surface area (Å²) in [4.78, 5) is 0. The Bertz CT molecular complexity index is 296. The van der Waals surface area contributed by atoms with Gasteiger partial charge in [0.25, 0.3) is 0 Å². The molecule has 0 aliphatic carbocycles. The molecule has 0 atom stereocenters. The summed E-state index contributed by atoms with van der Waals surface area (Å²) in [5, 5.41) is 2.37. The van der Waals surface area contributed by atoms with Gasteiger partial charge in [0.15, 0.2) is 0 Å². The van der Waals surface area contributed by atoms with Crippen LogP contribution in [0.5, 0.6) is 0 Å². The lowest BCUT2D eigenvalue weighted by Crippen LogP contribution is -2.21. The summed E-state index contributed by atoms with van der Waals surface area (Å²) in [6.45, 7) is 10.0. The largest absolute Gasteiger partial charge is 0.0912 e. The van der Waals surface area contributed by atoms with Crippen molar-refractivity contribution >= 4 is 12.7 Å². The van der Waals surface area contributed by atoms with Crippen molar-refractivity contribution < 1.29 is 0 Å². The molecule has 0 aromatic heterocycles. The van der Waals surface area contributed by atoms with Crippen molar-refractivity contribution in [2.75, 3.05) is 0 Å². The third-order valence-corrected chi connectivity index (χ3v) is 1.48. The SMILES string of the molecule is C=c1cccc/c1=C/CC.CC. The van der Waals surface area contributed by atoms with Crippen molar-refractivity contribution in [3.05, 3.63) is 34.7 Å². The van der Waals surface area contributed by atoms with Gasteiger partial charge in [0, 0.05) is 0 Å². The van der Waals surface area contributed by atoms with E-state index in [4.69, 9.17) is 0 Å². The second kappa shape index (κ2) is 6.66. The standard InChI is InChI=1S/C10H12.C2H6/c1-3-6-10-8-5-4-7-9(10)2;1-2/h4-8H,2-3H2,1H3;1-2H3/b10-6-;. The molecule has 0 saturated carbocycles.